The van der Waals surface area contributed by atoms with Crippen LogP contribution in [0.1, 0.15) is 22.8 Å². The Bertz CT molecular complexity index is 526. The molecule has 0 fully saturated rings. The summed E-state index contributed by atoms with van der Waals surface area (Å²) in [6, 6.07) is 15.4. The Morgan fingerprint density at radius 1 is 1.00 bits per heavy atom. The topological polar surface area (TPSA) is 20.2 Å². The molecule has 0 amide bonds. The van der Waals surface area contributed by atoms with E-state index in [1.54, 1.807) is 18.2 Å². The Balaban J connectivity index is 2.08. The lowest BCUT2D eigenvalue weighted by atomic mass is 10.1. The highest BCUT2D eigenvalue weighted by Gasteiger charge is 2.02. The van der Waals surface area contributed by atoms with E-state index in [2.05, 4.69) is 6.92 Å². The fourth-order valence-corrected chi connectivity index (χ4v) is 1.78. The second kappa shape index (κ2) is 5.85. The lowest BCUT2D eigenvalue weighted by molar-refractivity contribution is 0.229. The van der Waals surface area contributed by atoms with Crippen LogP contribution in [0.25, 0.3) is 6.08 Å². The molecule has 0 radical (unpaired) electrons. The largest absolute Gasteiger partial charge is 0.384 e. The summed E-state index contributed by atoms with van der Waals surface area (Å²) in [5.74, 6) is 0. The Labute approximate surface area is 112 Å². The van der Waals surface area contributed by atoms with Gasteiger partial charge in [0.1, 0.15) is 0 Å². The molecule has 0 heterocycles. The van der Waals surface area contributed by atoms with Crippen molar-refractivity contribution < 1.29 is 5.11 Å². The lowest BCUT2D eigenvalue weighted by Gasteiger charge is -2.05. The van der Waals surface area contributed by atoms with E-state index in [4.69, 9.17) is 11.6 Å². The first-order chi connectivity index (χ1) is 8.65. The summed E-state index contributed by atoms with van der Waals surface area (Å²) >= 11 is 5.80. The molecule has 2 heteroatoms. The first kappa shape index (κ1) is 12.9. The van der Waals surface area contributed by atoms with Crippen molar-refractivity contribution in [2.45, 2.75) is 13.0 Å². The van der Waals surface area contributed by atoms with Crippen LogP contribution in [0.4, 0.5) is 0 Å². The van der Waals surface area contributed by atoms with Crippen molar-refractivity contribution in [3.05, 3.63) is 76.3 Å². The Hall–Kier alpha value is -1.57. The Morgan fingerprint density at radius 2 is 1.61 bits per heavy atom. The molecule has 2 aromatic carbocycles. The van der Waals surface area contributed by atoms with Gasteiger partial charge in [0.2, 0.25) is 0 Å². The molecule has 92 valence electrons. The fraction of sp³-hybridized carbons (Fsp3) is 0.125. The molecule has 0 saturated carbocycles. The summed E-state index contributed by atoms with van der Waals surface area (Å²) < 4.78 is 0. The summed E-state index contributed by atoms with van der Waals surface area (Å²) in [5, 5.41) is 10.7. The third-order valence-corrected chi connectivity index (χ3v) is 3.01. The molecule has 0 bridgehead atoms. The monoisotopic (exact) mass is 258 g/mol. The molecule has 1 N–H and O–H groups in total. The van der Waals surface area contributed by atoms with Gasteiger partial charge in [-0.3, -0.25) is 0 Å². The van der Waals surface area contributed by atoms with Crippen LogP contribution >= 0.6 is 11.6 Å². The maximum atomic E-state index is 10.00. The lowest BCUT2D eigenvalue weighted by Crippen LogP contribution is -1.91. The van der Waals surface area contributed by atoms with Gasteiger partial charge in [-0.05, 0) is 30.2 Å². The number of hydrogen-bond donors (Lipinski definition) is 1. The quantitative estimate of drug-likeness (QED) is 0.865. The van der Waals surface area contributed by atoms with Crippen molar-refractivity contribution in [1.82, 2.24) is 0 Å². The first-order valence-corrected chi connectivity index (χ1v) is 6.21. The average Bonchev–Trinajstić information content (AvgIpc) is 2.38. The van der Waals surface area contributed by atoms with Gasteiger partial charge in [0, 0.05) is 5.02 Å². The van der Waals surface area contributed by atoms with E-state index in [9.17, 15) is 5.11 Å². The number of aliphatic hydroxyl groups is 1. The normalized spacial score (nSPS) is 12.8. The molecule has 1 atom stereocenters. The zero-order valence-corrected chi connectivity index (χ0v) is 10.9. The van der Waals surface area contributed by atoms with Crippen LogP contribution in [-0.2, 0) is 0 Å². The van der Waals surface area contributed by atoms with E-state index in [0.717, 1.165) is 11.1 Å². The second-order valence-electron chi connectivity index (χ2n) is 4.27. The summed E-state index contributed by atoms with van der Waals surface area (Å²) in [5.41, 5.74) is 3.14. The van der Waals surface area contributed by atoms with Crippen molar-refractivity contribution >= 4 is 17.7 Å². The van der Waals surface area contributed by atoms with Gasteiger partial charge in [-0.25, -0.2) is 0 Å². The molecule has 2 aromatic rings. The van der Waals surface area contributed by atoms with Crippen molar-refractivity contribution in [2.24, 2.45) is 0 Å². The van der Waals surface area contributed by atoms with E-state index in [-0.39, 0.29) is 0 Å². The van der Waals surface area contributed by atoms with Gasteiger partial charge in [0.05, 0.1) is 6.10 Å². The van der Waals surface area contributed by atoms with Crippen LogP contribution in [-0.4, -0.2) is 5.11 Å². The maximum Gasteiger partial charge on any atom is 0.0975 e. The number of aliphatic hydroxyl groups excluding tert-OH is 1. The molecule has 0 unspecified atom stereocenters. The zero-order chi connectivity index (χ0) is 13.0. The summed E-state index contributed by atoms with van der Waals surface area (Å²) in [4.78, 5) is 0. The molecule has 0 saturated heterocycles. The third kappa shape index (κ3) is 3.46. The van der Waals surface area contributed by atoms with E-state index < -0.39 is 6.10 Å². The summed E-state index contributed by atoms with van der Waals surface area (Å²) in [6.45, 7) is 2.05. The molecule has 0 aliphatic rings. The predicted molar refractivity (Wildman–Crippen MR) is 76.6 cm³/mol. The Morgan fingerprint density at radius 3 is 2.22 bits per heavy atom. The molecule has 0 aliphatic carbocycles. The van der Waals surface area contributed by atoms with Crippen molar-refractivity contribution in [2.75, 3.05) is 0 Å². The first-order valence-electron chi connectivity index (χ1n) is 5.83. The highest BCUT2D eigenvalue weighted by molar-refractivity contribution is 6.30. The number of rotatable bonds is 3. The van der Waals surface area contributed by atoms with Gasteiger partial charge in [0.15, 0.2) is 0 Å². The molecule has 1 nitrogen and oxygen atoms in total. The minimum Gasteiger partial charge on any atom is -0.384 e. The van der Waals surface area contributed by atoms with Gasteiger partial charge >= 0.3 is 0 Å². The highest BCUT2D eigenvalue weighted by atomic mass is 35.5. The van der Waals surface area contributed by atoms with Crippen molar-refractivity contribution in [3.8, 4) is 0 Å². The average molecular weight is 259 g/mol. The predicted octanol–water partition coefficient (Wildman–Crippen LogP) is 4.40. The van der Waals surface area contributed by atoms with Crippen molar-refractivity contribution in [3.63, 3.8) is 0 Å². The second-order valence-corrected chi connectivity index (χ2v) is 4.70. The molecule has 0 spiro atoms. The molecule has 2 rings (SSSR count). The SMILES string of the molecule is Cc1ccc(/C=C/[C@@H](O)c2ccc(Cl)cc2)cc1. The minimum atomic E-state index is -0.608. The standard InChI is InChI=1S/C16H15ClO/c1-12-2-4-13(5-3-12)6-11-16(18)14-7-9-15(17)10-8-14/h2-11,16,18H,1H3/b11-6+/t16-/m1/s1. The van der Waals surface area contributed by atoms with E-state index >= 15 is 0 Å². The van der Waals surface area contributed by atoms with Crippen LogP contribution in [0.15, 0.2) is 54.6 Å². The summed E-state index contributed by atoms with van der Waals surface area (Å²) in [7, 11) is 0. The molecule has 0 aromatic heterocycles. The molecular weight excluding hydrogens is 244 g/mol. The number of halogens is 1. The van der Waals surface area contributed by atoms with Crippen LogP contribution in [0.2, 0.25) is 5.02 Å². The zero-order valence-electron chi connectivity index (χ0n) is 10.2. The number of hydrogen-bond acceptors (Lipinski definition) is 1. The van der Waals surface area contributed by atoms with Crippen LogP contribution in [0.5, 0.6) is 0 Å². The van der Waals surface area contributed by atoms with Crippen molar-refractivity contribution in [1.29, 1.82) is 0 Å². The maximum absolute atomic E-state index is 10.00. The smallest absolute Gasteiger partial charge is 0.0975 e. The molecule has 18 heavy (non-hydrogen) atoms. The number of aryl methyl sites for hydroxylation is 1. The summed E-state index contributed by atoms with van der Waals surface area (Å²) in [6.07, 6.45) is 3.08. The van der Waals surface area contributed by atoms with Gasteiger partial charge in [0.25, 0.3) is 0 Å². The fourth-order valence-electron chi connectivity index (χ4n) is 1.65. The number of benzene rings is 2. The van der Waals surface area contributed by atoms with Crippen LogP contribution < -0.4 is 0 Å². The van der Waals surface area contributed by atoms with Gasteiger partial charge in [-0.1, -0.05) is 65.7 Å². The highest BCUT2D eigenvalue weighted by Crippen LogP contribution is 2.18. The van der Waals surface area contributed by atoms with Gasteiger partial charge < -0.3 is 5.11 Å². The van der Waals surface area contributed by atoms with Gasteiger partial charge in [-0.15, -0.1) is 0 Å². The molecular formula is C16H15ClO. The third-order valence-electron chi connectivity index (χ3n) is 2.76. The van der Waals surface area contributed by atoms with E-state index in [1.165, 1.54) is 5.56 Å². The Kier molecular flexibility index (Phi) is 4.19. The van der Waals surface area contributed by atoms with E-state index in [0.29, 0.717) is 5.02 Å². The van der Waals surface area contributed by atoms with E-state index in [1.807, 2.05) is 42.5 Å². The van der Waals surface area contributed by atoms with Crippen LogP contribution in [0, 0.1) is 6.92 Å². The minimum absolute atomic E-state index is 0.608. The van der Waals surface area contributed by atoms with Crippen LogP contribution in [0.3, 0.4) is 0 Å². The van der Waals surface area contributed by atoms with Gasteiger partial charge in [-0.2, -0.15) is 0 Å². The molecule has 0 aliphatic heterocycles.